The fourth-order valence-corrected chi connectivity index (χ4v) is 4.32. The molecule has 0 saturated heterocycles. The first-order valence-electron chi connectivity index (χ1n) is 9.30. The summed E-state index contributed by atoms with van der Waals surface area (Å²) in [5.74, 6) is 0.235. The van der Waals surface area contributed by atoms with Gasteiger partial charge in [0.25, 0.3) is 5.91 Å². The van der Waals surface area contributed by atoms with E-state index in [1.165, 1.54) is 23.5 Å². The Balaban J connectivity index is 1.54. The molecule has 1 aliphatic rings. The molecule has 2 aromatic carbocycles. The predicted octanol–water partition coefficient (Wildman–Crippen LogP) is 4.70. The zero-order chi connectivity index (χ0) is 19.3. The third-order valence-electron chi connectivity index (χ3n) is 4.78. The van der Waals surface area contributed by atoms with E-state index in [-0.39, 0.29) is 24.4 Å². The first-order chi connectivity index (χ1) is 13.7. The Morgan fingerprint density at radius 1 is 1.07 bits per heavy atom. The largest absolute Gasteiger partial charge is 0.484 e. The van der Waals surface area contributed by atoms with E-state index in [0.29, 0.717) is 15.9 Å². The highest BCUT2D eigenvalue weighted by molar-refractivity contribution is 7.18. The van der Waals surface area contributed by atoms with Gasteiger partial charge in [0.2, 0.25) is 5.13 Å². The number of carbonyl (C=O) groups excluding carboxylic acids is 1. The second-order valence-corrected chi connectivity index (χ2v) is 7.66. The van der Waals surface area contributed by atoms with Crippen LogP contribution in [0.3, 0.4) is 0 Å². The quantitative estimate of drug-likeness (QED) is 0.605. The van der Waals surface area contributed by atoms with Gasteiger partial charge in [-0.3, -0.25) is 9.69 Å². The van der Waals surface area contributed by atoms with Crippen molar-refractivity contribution in [2.45, 2.75) is 31.7 Å². The predicted molar refractivity (Wildman–Crippen MR) is 107 cm³/mol. The number of rotatable bonds is 6. The van der Waals surface area contributed by atoms with Crippen molar-refractivity contribution >= 4 is 22.4 Å². The van der Waals surface area contributed by atoms with Crippen LogP contribution in [0.4, 0.5) is 9.52 Å². The molecule has 1 heterocycles. The van der Waals surface area contributed by atoms with Gasteiger partial charge in [-0.05, 0) is 49.2 Å². The van der Waals surface area contributed by atoms with Crippen molar-refractivity contribution in [1.29, 1.82) is 0 Å². The van der Waals surface area contributed by atoms with E-state index >= 15 is 0 Å². The highest BCUT2D eigenvalue weighted by atomic mass is 32.1. The van der Waals surface area contributed by atoms with E-state index < -0.39 is 0 Å². The molecule has 1 aliphatic carbocycles. The molecule has 1 fully saturated rings. The molecule has 28 heavy (non-hydrogen) atoms. The zero-order valence-electron chi connectivity index (χ0n) is 15.3. The number of nitrogens with zero attached hydrogens (tertiary/aromatic N) is 3. The van der Waals surface area contributed by atoms with E-state index in [2.05, 4.69) is 10.2 Å². The third kappa shape index (κ3) is 4.20. The topological polar surface area (TPSA) is 55.3 Å². The number of hydrogen-bond donors (Lipinski definition) is 0. The van der Waals surface area contributed by atoms with Crippen LogP contribution >= 0.6 is 11.3 Å². The molecule has 0 spiro atoms. The van der Waals surface area contributed by atoms with Crippen LogP contribution in [0.25, 0.3) is 10.6 Å². The standard InChI is InChI=1S/C21H20FN3O2S/c22-16-12-10-15(11-13-16)20-23-24-21(28-20)25(17-6-4-5-7-17)19(26)14-27-18-8-2-1-3-9-18/h1-3,8-13,17H,4-7,14H2. The molecule has 0 unspecified atom stereocenters. The van der Waals surface area contributed by atoms with Crippen LogP contribution in [0.5, 0.6) is 5.75 Å². The lowest BCUT2D eigenvalue weighted by atomic mass is 10.2. The molecule has 0 aliphatic heterocycles. The summed E-state index contributed by atoms with van der Waals surface area (Å²) in [6.45, 7) is -0.0496. The molecule has 4 rings (SSSR count). The van der Waals surface area contributed by atoms with Crippen LogP contribution in [0, 0.1) is 5.82 Å². The van der Waals surface area contributed by atoms with Gasteiger partial charge in [-0.2, -0.15) is 0 Å². The summed E-state index contributed by atoms with van der Waals surface area (Å²) in [7, 11) is 0. The van der Waals surface area contributed by atoms with Crippen LogP contribution < -0.4 is 9.64 Å². The third-order valence-corrected chi connectivity index (χ3v) is 5.75. The smallest absolute Gasteiger partial charge is 0.267 e. The zero-order valence-corrected chi connectivity index (χ0v) is 16.1. The number of ether oxygens (including phenoxy) is 1. The Morgan fingerprint density at radius 2 is 1.79 bits per heavy atom. The molecule has 0 N–H and O–H groups in total. The summed E-state index contributed by atoms with van der Waals surface area (Å²) in [6, 6.07) is 15.5. The lowest BCUT2D eigenvalue weighted by molar-refractivity contribution is -0.121. The van der Waals surface area contributed by atoms with Crippen LogP contribution in [0.1, 0.15) is 25.7 Å². The van der Waals surface area contributed by atoms with Gasteiger partial charge >= 0.3 is 0 Å². The van der Waals surface area contributed by atoms with Gasteiger partial charge in [-0.15, -0.1) is 10.2 Å². The first kappa shape index (κ1) is 18.6. The number of anilines is 1. The van der Waals surface area contributed by atoms with Crippen LogP contribution in [0.2, 0.25) is 0 Å². The Bertz CT molecular complexity index is 924. The van der Waals surface area contributed by atoms with Crippen LogP contribution in [-0.2, 0) is 4.79 Å². The molecule has 5 nitrogen and oxygen atoms in total. The first-order valence-corrected chi connectivity index (χ1v) is 10.1. The molecule has 1 saturated carbocycles. The molecular formula is C21H20FN3O2S. The van der Waals surface area contributed by atoms with Gasteiger partial charge in [0.1, 0.15) is 16.6 Å². The average Bonchev–Trinajstić information content (AvgIpc) is 3.41. The van der Waals surface area contributed by atoms with Crippen molar-refractivity contribution in [2.75, 3.05) is 11.5 Å². The van der Waals surface area contributed by atoms with Crippen molar-refractivity contribution in [3.8, 4) is 16.3 Å². The van der Waals surface area contributed by atoms with Crippen molar-refractivity contribution in [2.24, 2.45) is 0 Å². The van der Waals surface area contributed by atoms with Crippen LogP contribution in [-0.4, -0.2) is 28.8 Å². The lowest BCUT2D eigenvalue weighted by Crippen LogP contribution is -2.41. The number of carbonyl (C=O) groups is 1. The molecule has 7 heteroatoms. The number of para-hydroxylation sites is 1. The van der Waals surface area contributed by atoms with Crippen molar-refractivity contribution < 1.29 is 13.9 Å². The van der Waals surface area contributed by atoms with E-state index in [1.807, 2.05) is 30.3 Å². The van der Waals surface area contributed by atoms with Gasteiger partial charge in [0.05, 0.1) is 0 Å². The van der Waals surface area contributed by atoms with E-state index in [4.69, 9.17) is 4.74 Å². The fraction of sp³-hybridized carbons (Fsp3) is 0.286. The highest BCUT2D eigenvalue weighted by Crippen LogP contribution is 2.34. The van der Waals surface area contributed by atoms with Crippen molar-refractivity contribution in [3.63, 3.8) is 0 Å². The van der Waals surface area contributed by atoms with Gasteiger partial charge in [-0.25, -0.2) is 4.39 Å². The summed E-state index contributed by atoms with van der Waals surface area (Å²) in [6.07, 6.45) is 4.08. The SMILES string of the molecule is O=C(COc1ccccc1)N(c1nnc(-c2ccc(F)cc2)s1)C1CCCC1. The fourth-order valence-electron chi connectivity index (χ4n) is 3.38. The van der Waals surface area contributed by atoms with Crippen LogP contribution in [0.15, 0.2) is 54.6 Å². The summed E-state index contributed by atoms with van der Waals surface area (Å²) in [5.41, 5.74) is 0.782. The number of aromatic nitrogens is 2. The van der Waals surface area contributed by atoms with Gasteiger partial charge < -0.3 is 4.74 Å². The summed E-state index contributed by atoms with van der Waals surface area (Å²) < 4.78 is 18.8. The minimum absolute atomic E-state index is 0.0496. The average molecular weight is 397 g/mol. The normalized spacial score (nSPS) is 14.2. The lowest BCUT2D eigenvalue weighted by Gasteiger charge is -2.26. The number of amides is 1. The minimum Gasteiger partial charge on any atom is -0.484 e. The van der Waals surface area contributed by atoms with E-state index in [1.54, 1.807) is 17.0 Å². The molecule has 0 atom stereocenters. The molecular weight excluding hydrogens is 377 g/mol. The second kappa shape index (κ2) is 8.48. The Morgan fingerprint density at radius 3 is 2.50 bits per heavy atom. The van der Waals surface area contributed by atoms with Gasteiger partial charge in [-0.1, -0.05) is 42.4 Å². The molecule has 0 radical (unpaired) electrons. The Hall–Kier alpha value is -2.80. The second-order valence-electron chi connectivity index (χ2n) is 6.70. The maximum Gasteiger partial charge on any atom is 0.267 e. The maximum atomic E-state index is 13.2. The van der Waals surface area contributed by atoms with Gasteiger partial charge in [0, 0.05) is 11.6 Å². The summed E-state index contributed by atoms with van der Waals surface area (Å²) in [4.78, 5) is 14.7. The van der Waals surface area contributed by atoms with E-state index in [9.17, 15) is 9.18 Å². The Labute approximate surface area is 166 Å². The summed E-state index contributed by atoms with van der Waals surface area (Å²) >= 11 is 1.34. The maximum absolute atomic E-state index is 13.2. The monoisotopic (exact) mass is 397 g/mol. The van der Waals surface area contributed by atoms with Gasteiger partial charge in [0.15, 0.2) is 6.61 Å². The van der Waals surface area contributed by atoms with Crippen molar-refractivity contribution in [3.05, 3.63) is 60.4 Å². The molecule has 3 aromatic rings. The molecule has 1 aromatic heterocycles. The molecule has 0 bridgehead atoms. The number of hydrogen-bond acceptors (Lipinski definition) is 5. The minimum atomic E-state index is -0.297. The molecule has 144 valence electrons. The Kier molecular flexibility index (Phi) is 5.62. The highest BCUT2D eigenvalue weighted by Gasteiger charge is 2.31. The van der Waals surface area contributed by atoms with Crippen molar-refractivity contribution in [1.82, 2.24) is 10.2 Å². The number of benzene rings is 2. The summed E-state index contributed by atoms with van der Waals surface area (Å²) in [5, 5.41) is 9.71. The van der Waals surface area contributed by atoms with E-state index in [0.717, 1.165) is 31.2 Å². The number of halogens is 1. The molecule has 1 amide bonds.